The molecule has 0 radical (unpaired) electrons. The van der Waals surface area contributed by atoms with Crippen molar-refractivity contribution >= 4 is 5.91 Å². The van der Waals surface area contributed by atoms with E-state index in [2.05, 4.69) is 15.6 Å². The molecule has 1 N–H and O–H groups in total. The van der Waals surface area contributed by atoms with E-state index in [-0.39, 0.29) is 11.9 Å². The van der Waals surface area contributed by atoms with Gasteiger partial charge >= 0.3 is 0 Å². The van der Waals surface area contributed by atoms with E-state index in [0.29, 0.717) is 30.0 Å². The van der Waals surface area contributed by atoms with Crippen molar-refractivity contribution in [3.63, 3.8) is 0 Å². The first-order chi connectivity index (χ1) is 9.51. The summed E-state index contributed by atoms with van der Waals surface area (Å²) in [5.41, 5.74) is 2.21. The van der Waals surface area contributed by atoms with Gasteiger partial charge in [-0.3, -0.25) is 9.48 Å². The highest BCUT2D eigenvalue weighted by Crippen LogP contribution is 2.14. The quantitative estimate of drug-likeness (QED) is 0.904. The van der Waals surface area contributed by atoms with E-state index in [0.717, 1.165) is 5.69 Å². The molecule has 0 aliphatic rings. The Hall–Kier alpha value is -2.11. The predicted octanol–water partition coefficient (Wildman–Crippen LogP) is 1.87. The van der Waals surface area contributed by atoms with Gasteiger partial charge in [0.2, 0.25) is 0 Å². The normalized spacial score (nSPS) is 12.4. The molecule has 0 bridgehead atoms. The van der Waals surface area contributed by atoms with Crippen LogP contribution in [0, 0.1) is 13.8 Å². The molecule has 2 aromatic rings. The number of hydrogen-bond acceptors (Lipinski definition) is 4. The van der Waals surface area contributed by atoms with Crippen LogP contribution in [0.3, 0.4) is 0 Å². The SMILES string of the molecule is CCc1noc(C)c1C(=O)NC(C)Cn1ccc(C)n1. The summed E-state index contributed by atoms with van der Waals surface area (Å²) in [6.07, 6.45) is 2.58. The molecule has 0 saturated heterocycles. The minimum atomic E-state index is -0.142. The predicted molar refractivity (Wildman–Crippen MR) is 74.5 cm³/mol. The summed E-state index contributed by atoms with van der Waals surface area (Å²) in [5, 5.41) is 11.2. The van der Waals surface area contributed by atoms with Gasteiger partial charge in [-0.1, -0.05) is 12.1 Å². The average Bonchev–Trinajstić information content (AvgIpc) is 2.95. The van der Waals surface area contributed by atoms with Crippen LogP contribution in [0.5, 0.6) is 0 Å². The molecule has 2 aromatic heterocycles. The largest absolute Gasteiger partial charge is 0.361 e. The maximum Gasteiger partial charge on any atom is 0.257 e. The van der Waals surface area contributed by atoms with Crippen molar-refractivity contribution < 1.29 is 9.32 Å². The van der Waals surface area contributed by atoms with Crippen LogP contribution in [-0.4, -0.2) is 26.9 Å². The number of rotatable bonds is 5. The molecule has 2 rings (SSSR count). The van der Waals surface area contributed by atoms with Crippen LogP contribution in [0.25, 0.3) is 0 Å². The second kappa shape index (κ2) is 5.90. The summed E-state index contributed by atoms with van der Waals surface area (Å²) in [7, 11) is 0. The fraction of sp³-hybridized carbons (Fsp3) is 0.500. The Kier molecular flexibility index (Phi) is 4.22. The number of carbonyl (C=O) groups excluding carboxylic acids is 1. The molecule has 108 valence electrons. The van der Waals surface area contributed by atoms with Gasteiger partial charge in [0.05, 0.1) is 17.9 Å². The molecule has 1 unspecified atom stereocenters. The van der Waals surface area contributed by atoms with Gasteiger partial charge in [0.25, 0.3) is 5.91 Å². The highest BCUT2D eigenvalue weighted by atomic mass is 16.5. The standard InChI is InChI=1S/C14H20N4O2/c1-5-12-13(11(4)20-17-12)14(19)15-10(3)8-18-7-6-9(2)16-18/h6-7,10H,5,8H2,1-4H3,(H,15,19). The molecule has 6 heteroatoms. The maximum atomic E-state index is 12.3. The van der Waals surface area contributed by atoms with Gasteiger partial charge in [-0.2, -0.15) is 5.10 Å². The summed E-state index contributed by atoms with van der Waals surface area (Å²) in [4.78, 5) is 12.3. The van der Waals surface area contributed by atoms with E-state index < -0.39 is 0 Å². The Balaban J connectivity index is 2.02. The van der Waals surface area contributed by atoms with Crippen molar-refractivity contribution in [3.8, 4) is 0 Å². The lowest BCUT2D eigenvalue weighted by Crippen LogP contribution is -2.36. The lowest BCUT2D eigenvalue weighted by Gasteiger charge is -2.14. The fourth-order valence-electron chi connectivity index (χ4n) is 2.14. The fourth-order valence-corrected chi connectivity index (χ4v) is 2.14. The molecule has 6 nitrogen and oxygen atoms in total. The minimum Gasteiger partial charge on any atom is -0.361 e. The minimum absolute atomic E-state index is 0.0270. The molecule has 0 fully saturated rings. The zero-order valence-corrected chi connectivity index (χ0v) is 12.3. The monoisotopic (exact) mass is 276 g/mol. The molecule has 0 spiro atoms. The number of aryl methyl sites for hydroxylation is 3. The molecule has 1 amide bonds. The van der Waals surface area contributed by atoms with Gasteiger partial charge in [0.1, 0.15) is 11.3 Å². The summed E-state index contributed by atoms with van der Waals surface area (Å²) in [6, 6.07) is 1.91. The highest BCUT2D eigenvalue weighted by Gasteiger charge is 2.20. The number of carbonyl (C=O) groups is 1. The van der Waals surface area contributed by atoms with Crippen molar-refractivity contribution in [2.75, 3.05) is 0 Å². The third-order valence-electron chi connectivity index (χ3n) is 3.11. The average molecular weight is 276 g/mol. The van der Waals surface area contributed by atoms with E-state index in [4.69, 9.17) is 4.52 Å². The molecule has 1 atom stereocenters. The van der Waals surface area contributed by atoms with Crippen LogP contribution in [0.2, 0.25) is 0 Å². The first kappa shape index (κ1) is 14.3. The summed E-state index contributed by atoms with van der Waals surface area (Å²) < 4.78 is 6.90. The van der Waals surface area contributed by atoms with Crippen LogP contribution < -0.4 is 5.32 Å². The Morgan fingerprint density at radius 3 is 2.85 bits per heavy atom. The van der Waals surface area contributed by atoms with Gasteiger partial charge in [-0.25, -0.2) is 0 Å². The zero-order valence-electron chi connectivity index (χ0n) is 12.3. The number of nitrogens with zero attached hydrogens (tertiary/aromatic N) is 3. The lowest BCUT2D eigenvalue weighted by molar-refractivity contribution is 0.0933. The third-order valence-corrected chi connectivity index (χ3v) is 3.11. The van der Waals surface area contributed by atoms with Crippen LogP contribution in [0.1, 0.15) is 41.4 Å². The molecule has 0 aliphatic carbocycles. The molecular formula is C14H20N4O2. The van der Waals surface area contributed by atoms with E-state index in [1.807, 2.05) is 37.7 Å². The van der Waals surface area contributed by atoms with E-state index in [9.17, 15) is 4.79 Å². The molecule has 2 heterocycles. The molecule has 20 heavy (non-hydrogen) atoms. The number of aromatic nitrogens is 3. The van der Waals surface area contributed by atoms with Crippen LogP contribution in [0.4, 0.5) is 0 Å². The van der Waals surface area contributed by atoms with E-state index in [1.165, 1.54) is 0 Å². The van der Waals surface area contributed by atoms with Crippen LogP contribution in [-0.2, 0) is 13.0 Å². The first-order valence-electron chi connectivity index (χ1n) is 6.77. The lowest BCUT2D eigenvalue weighted by atomic mass is 10.1. The van der Waals surface area contributed by atoms with Crippen LogP contribution >= 0.6 is 0 Å². The van der Waals surface area contributed by atoms with Crippen molar-refractivity contribution in [2.24, 2.45) is 0 Å². The Morgan fingerprint density at radius 2 is 2.25 bits per heavy atom. The highest BCUT2D eigenvalue weighted by molar-refractivity contribution is 5.96. The smallest absolute Gasteiger partial charge is 0.257 e. The molecule has 0 aliphatic heterocycles. The van der Waals surface area contributed by atoms with Crippen LogP contribution in [0.15, 0.2) is 16.8 Å². The van der Waals surface area contributed by atoms with Gasteiger partial charge in [-0.05, 0) is 33.3 Å². The zero-order chi connectivity index (χ0) is 14.7. The number of amides is 1. The Morgan fingerprint density at radius 1 is 1.50 bits per heavy atom. The van der Waals surface area contributed by atoms with Gasteiger partial charge in [0.15, 0.2) is 0 Å². The van der Waals surface area contributed by atoms with Gasteiger partial charge in [0, 0.05) is 12.2 Å². The van der Waals surface area contributed by atoms with Gasteiger partial charge in [-0.15, -0.1) is 0 Å². The van der Waals surface area contributed by atoms with Crippen molar-refractivity contribution in [1.82, 2.24) is 20.3 Å². The topological polar surface area (TPSA) is 73.0 Å². The summed E-state index contributed by atoms with van der Waals surface area (Å²) in [5.74, 6) is 0.415. The Bertz CT molecular complexity index is 600. The van der Waals surface area contributed by atoms with Crippen molar-refractivity contribution in [2.45, 2.75) is 46.7 Å². The second-order valence-electron chi connectivity index (χ2n) is 4.97. The first-order valence-corrected chi connectivity index (χ1v) is 6.77. The summed E-state index contributed by atoms with van der Waals surface area (Å²) >= 11 is 0. The second-order valence-corrected chi connectivity index (χ2v) is 4.97. The third kappa shape index (κ3) is 3.07. The molecular weight excluding hydrogens is 256 g/mol. The van der Waals surface area contributed by atoms with E-state index in [1.54, 1.807) is 6.92 Å². The molecule has 0 aromatic carbocycles. The van der Waals surface area contributed by atoms with Gasteiger partial charge < -0.3 is 9.84 Å². The van der Waals surface area contributed by atoms with Crippen molar-refractivity contribution in [3.05, 3.63) is 35.0 Å². The maximum absolute atomic E-state index is 12.3. The molecule has 0 saturated carbocycles. The van der Waals surface area contributed by atoms with Crippen molar-refractivity contribution in [1.29, 1.82) is 0 Å². The Labute approximate surface area is 118 Å². The summed E-state index contributed by atoms with van der Waals surface area (Å²) in [6.45, 7) is 8.22. The number of hydrogen-bond donors (Lipinski definition) is 1. The van der Waals surface area contributed by atoms with E-state index >= 15 is 0 Å². The number of nitrogens with one attached hydrogen (secondary N) is 1.